The van der Waals surface area contributed by atoms with Gasteiger partial charge in [-0.3, -0.25) is 0 Å². The van der Waals surface area contributed by atoms with E-state index in [1.54, 1.807) is 0 Å². The number of aliphatic hydroxyl groups is 1. The highest BCUT2D eigenvalue weighted by atomic mass is 31.2. The Morgan fingerprint density at radius 3 is 2.40 bits per heavy atom. The fraction of sp³-hybridized carbons (Fsp3) is 1.00. The van der Waals surface area contributed by atoms with Crippen molar-refractivity contribution in [3.63, 3.8) is 0 Å². The molecule has 0 unspecified atom stereocenters. The number of rotatable bonds is 4. The minimum atomic E-state index is -4.57. The van der Waals surface area contributed by atoms with Crippen LogP contribution in [0.3, 0.4) is 0 Å². The third-order valence-electron chi connectivity index (χ3n) is 0.562. The molecule has 0 rings (SSSR count). The van der Waals surface area contributed by atoms with Gasteiger partial charge in [0.2, 0.25) is 0 Å². The van der Waals surface area contributed by atoms with Gasteiger partial charge in [0.25, 0.3) is 0 Å². The maximum atomic E-state index is 9.92. The van der Waals surface area contributed by atoms with Crippen molar-refractivity contribution in [1.29, 1.82) is 0 Å². The first kappa shape index (κ1) is 10.0. The first-order valence-corrected chi connectivity index (χ1v) is 4.00. The molecule has 10 heavy (non-hydrogen) atoms. The van der Waals surface area contributed by atoms with E-state index >= 15 is 0 Å². The maximum absolute atomic E-state index is 9.92. The van der Waals surface area contributed by atoms with Crippen LogP contribution in [-0.2, 0) is 14.1 Å². The molecule has 3 N–H and O–H groups in total. The Morgan fingerprint density at radius 2 is 2.10 bits per heavy atom. The minimum Gasteiger partial charge on any atom is -0.394 e. The summed E-state index contributed by atoms with van der Waals surface area (Å²) in [5.74, 6) is 0. The zero-order chi connectivity index (χ0) is 8.20. The van der Waals surface area contributed by atoms with Crippen LogP contribution in [0, 0.1) is 0 Å². The average molecular weight is 172 g/mol. The van der Waals surface area contributed by atoms with E-state index in [9.17, 15) is 4.57 Å². The highest BCUT2D eigenvalue weighted by Gasteiger charge is 2.16. The van der Waals surface area contributed by atoms with Crippen LogP contribution in [0.1, 0.15) is 6.92 Å². The van der Waals surface area contributed by atoms with Crippen molar-refractivity contribution in [1.82, 2.24) is 0 Å². The molecule has 7 heteroatoms. The van der Waals surface area contributed by atoms with Gasteiger partial charge in [-0.05, 0) is 6.92 Å². The number of hydrogen-bond acceptors (Lipinski definition) is 4. The van der Waals surface area contributed by atoms with Gasteiger partial charge >= 0.3 is 7.82 Å². The third kappa shape index (κ3) is 6.15. The zero-order valence-corrected chi connectivity index (χ0v) is 6.19. The summed E-state index contributed by atoms with van der Waals surface area (Å²) in [6.07, 6.45) is -0.743. The standard InChI is InChI=1S/C3H9O6P/c1-3(2-4)8-9-10(5,6)7/h3-4H,2H2,1H3,(H2,5,6,7)/t3-/m1/s1. The topological polar surface area (TPSA) is 96.2 Å². The van der Waals surface area contributed by atoms with E-state index in [-0.39, 0.29) is 6.61 Å². The van der Waals surface area contributed by atoms with Crippen molar-refractivity contribution in [2.24, 2.45) is 0 Å². The van der Waals surface area contributed by atoms with Crippen LogP contribution in [0.15, 0.2) is 0 Å². The van der Waals surface area contributed by atoms with Crippen LogP contribution >= 0.6 is 7.82 Å². The maximum Gasteiger partial charge on any atom is 0.496 e. The lowest BCUT2D eigenvalue weighted by atomic mass is 10.5. The first-order valence-electron chi connectivity index (χ1n) is 2.47. The molecular weight excluding hydrogens is 163 g/mol. The van der Waals surface area contributed by atoms with Gasteiger partial charge in [0, 0.05) is 0 Å². The molecule has 0 bridgehead atoms. The van der Waals surface area contributed by atoms with Gasteiger partial charge in [0.05, 0.1) is 6.61 Å². The predicted octanol–water partition coefficient (Wildman–Crippen LogP) is -0.592. The molecule has 0 saturated heterocycles. The zero-order valence-electron chi connectivity index (χ0n) is 5.30. The van der Waals surface area contributed by atoms with Crippen molar-refractivity contribution in [2.45, 2.75) is 13.0 Å². The highest BCUT2D eigenvalue weighted by Crippen LogP contribution is 2.36. The average Bonchev–Trinajstić information content (AvgIpc) is 1.81. The van der Waals surface area contributed by atoms with E-state index < -0.39 is 13.9 Å². The fourth-order valence-electron chi connectivity index (χ4n) is 0.160. The quantitative estimate of drug-likeness (QED) is 0.298. The first-order chi connectivity index (χ1) is 4.45. The van der Waals surface area contributed by atoms with Crippen molar-refractivity contribution in [3.8, 4) is 0 Å². The van der Waals surface area contributed by atoms with Gasteiger partial charge in [-0.15, -0.1) is 4.67 Å². The van der Waals surface area contributed by atoms with E-state index in [0.717, 1.165) is 0 Å². The molecule has 0 fully saturated rings. The molecular formula is C3H9O6P. The molecule has 0 aromatic heterocycles. The summed E-state index contributed by atoms with van der Waals surface area (Å²) in [6, 6.07) is 0. The molecule has 6 nitrogen and oxygen atoms in total. The van der Waals surface area contributed by atoms with Gasteiger partial charge in [-0.1, -0.05) is 0 Å². The Bertz CT molecular complexity index is 129. The van der Waals surface area contributed by atoms with Gasteiger partial charge < -0.3 is 14.9 Å². The molecule has 0 spiro atoms. The molecule has 0 amide bonds. The van der Waals surface area contributed by atoms with Gasteiger partial charge in [-0.25, -0.2) is 9.45 Å². The third-order valence-corrected chi connectivity index (χ3v) is 0.842. The Balaban J connectivity index is 3.46. The van der Waals surface area contributed by atoms with E-state index in [2.05, 4.69) is 9.56 Å². The fourth-order valence-corrected chi connectivity index (χ4v) is 0.419. The predicted molar refractivity (Wildman–Crippen MR) is 30.8 cm³/mol. The Morgan fingerprint density at radius 1 is 1.60 bits per heavy atom. The molecule has 0 aliphatic heterocycles. The van der Waals surface area contributed by atoms with Crippen molar-refractivity contribution < 1.29 is 29.0 Å². The van der Waals surface area contributed by atoms with Gasteiger partial charge in [0.1, 0.15) is 6.10 Å². The molecule has 0 heterocycles. The number of phosphoric acid groups is 1. The van der Waals surface area contributed by atoms with Crippen molar-refractivity contribution >= 4 is 7.82 Å². The van der Waals surface area contributed by atoms with Gasteiger partial charge in [-0.2, -0.15) is 0 Å². The second-order valence-corrected chi connectivity index (χ2v) is 2.78. The van der Waals surface area contributed by atoms with Crippen LogP contribution in [-0.4, -0.2) is 27.6 Å². The molecule has 0 aliphatic carbocycles. The summed E-state index contributed by atoms with van der Waals surface area (Å²) in [4.78, 5) is 20.1. The molecule has 62 valence electrons. The lowest BCUT2D eigenvalue weighted by Crippen LogP contribution is -2.12. The van der Waals surface area contributed by atoms with Crippen molar-refractivity contribution in [2.75, 3.05) is 6.61 Å². The summed E-state index contributed by atoms with van der Waals surface area (Å²) in [7, 11) is -4.57. The van der Waals surface area contributed by atoms with Crippen LogP contribution in [0.2, 0.25) is 0 Å². The summed E-state index contributed by atoms with van der Waals surface area (Å²) >= 11 is 0. The lowest BCUT2D eigenvalue weighted by molar-refractivity contribution is -0.259. The van der Waals surface area contributed by atoms with Gasteiger partial charge in [0.15, 0.2) is 0 Å². The Hall–Kier alpha value is 0.0300. The normalized spacial score (nSPS) is 15.2. The highest BCUT2D eigenvalue weighted by molar-refractivity contribution is 7.46. The number of hydrogen-bond donors (Lipinski definition) is 3. The van der Waals surface area contributed by atoms with Crippen LogP contribution in [0.25, 0.3) is 0 Å². The molecule has 0 saturated carbocycles. The summed E-state index contributed by atoms with van der Waals surface area (Å²) in [6.45, 7) is 1.04. The second-order valence-electron chi connectivity index (χ2n) is 1.65. The molecule has 0 aromatic rings. The van der Waals surface area contributed by atoms with Crippen LogP contribution < -0.4 is 0 Å². The Kier molecular flexibility index (Phi) is 4.04. The SMILES string of the molecule is C[C@H](CO)OOP(=O)(O)O. The molecule has 0 radical (unpaired) electrons. The molecule has 0 aliphatic rings. The largest absolute Gasteiger partial charge is 0.496 e. The van der Waals surface area contributed by atoms with Crippen LogP contribution in [0.5, 0.6) is 0 Å². The smallest absolute Gasteiger partial charge is 0.394 e. The lowest BCUT2D eigenvalue weighted by Gasteiger charge is -2.08. The molecule has 1 atom stereocenters. The molecule has 0 aromatic carbocycles. The second kappa shape index (κ2) is 4.02. The van der Waals surface area contributed by atoms with E-state index in [1.165, 1.54) is 6.92 Å². The van der Waals surface area contributed by atoms with Crippen molar-refractivity contribution in [3.05, 3.63) is 0 Å². The van der Waals surface area contributed by atoms with E-state index in [4.69, 9.17) is 14.9 Å². The van der Waals surface area contributed by atoms with Crippen LogP contribution in [0.4, 0.5) is 0 Å². The van der Waals surface area contributed by atoms with E-state index in [1.807, 2.05) is 0 Å². The summed E-state index contributed by atoms with van der Waals surface area (Å²) < 4.78 is 13.5. The summed E-state index contributed by atoms with van der Waals surface area (Å²) in [5.41, 5.74) is 0. The minimum absolute atomic E-state index is 0.361. The monoisotopic (exact) mass is 172 g/mol. The Labute approximate surface area is 57.6 Å². The van der Waals surface area contributed by atoms with E-state index in [0.29, 0.717) is 0 Å². The number of aliphatic hydroxyl groups excluding tert-OH is 1. The summed E-state index contributed by atoms with van der Waals surface area (Å²) in [5, 5.41) is 8.27.